The van der Waals surface area contributed by atoms with E-state index in [4.69, 9.17) is 4.74 Å². The van der Waals surface area contributed by atoms with Crippen LogP contribution in [0.2, 0.25) is 0 Å². The second kappa shape index (κ2) is 9.50. The average Bonchev–Trinajstić information content (AvgIpc) is 2.76. The minimum absolute atomic E-state index is 0.197. The standard InChI is InChI=1S/C23H23N3O3/c1-3-26(4-2)23(28)20-16-17(14-15-24-20)22(27)25-19-12-8-9-13-21(19)29-18-10-6-5-7-11-18/h5-16H,3-4H2,1-2H3,(H,25,27). The largest absolute Gasteiger partial charge is 0.455 e. The van der Waals surface area contributed by atoms with Crippen molar-refractivity contribution in [3.63, 3.8) is 0 Å². The summed E-state index contributed by atoms with van der Waals surface area (Å²) in [5.74, 6) is 0.660. The highest BCUT2D eigenvalue weighted by molar-refractivity contribution is 6.06. The van der Waals surface area contributed by atoms with E-state index in [2.05, 4.69) is 10.3 Å². The monoisotopic (exact) mass is 389 g/mol. The van der Waals surface area contributed by atoms with Crippen molar-refractivity contribution in [2.45, 2.75) is 13.8 Å². The lowest BCUT2D eigenvalue weighted by atomic mass is 10.2. The van der Waals surface area contributed by atoms with Gasteiger partial charge in [-0.05, 0) is 50.2 Å². The number of pyridine rings is 1. The van der Waals surface area contributed by atoms with E-state index in [9.17, 15) is 9.59 Å². The smallest absolute Gasteiger partial charge is 0.272 e. The van der Waals surface area contributed by atoms with Gasteiger partial charge in [0.1, 0.15) is 11.4 Å². The van der Waals surface area contributed by atoms with E-state index in [-0.39, 0.29) is 17.5 Å². The summed E-state index contributed by atoms with van der Waals surface area (Å²) in [5, 5.41) is 2.85. The second-order valence-electron chi connectivity index (χ2n) is 6.27. The number of nitrogens with one attached hydrogen (secondary N) is 1. The molecule has 0 bridgehead atoms. The van der Waals surface area contributed by atoms with Crippen LogP contribution >= 0.6 is 0 Å². The molecule has 0 saturated carbocycles. The zero-order valence-electron chi connectivity index (χ0n) is 16.5. The van der Waals surface area contributed by atoms with Crippen LogP contribution in [0.1, 0.15) is 34.7 Å². The molecule has 6 heteroatoms. The molecule has 1 aromatic heterocycles. The fraction of sp³-hybridized carbons (Fsp3) is 0.174. The molecule has 3 aromatic rings. The third-order valence-corrected chi connectivity index (χ3v) is 4.40. The van der Waals surface area contributed by atoms with E-state index in [1.165, 1.54) is 12.3 Å². The Bertz CT molecular complexity index is 985. The lowest BCUT2D eigenvalue weighted by Gasteiger charge is -2.18. The van der Waals surface area contributed by atoms with Gasteiger partial charge in [0.15, 0.2) is 5.75 Å². The van der Waals surface area contributed by atoms with Crippen LogP contribution in [0.15, 0.2) is 72.9 Å². The number of benzene rings is 2. The molecule has 148 valence electrons. The summed E-state index contributed by atoms with van der Waals surface area (Å²) < 4.78 is 5.88. The molecule has 29 heavy (non-hydrogen) atoms. The van der Waals surface area contributed by atoms with Crippen molar-refractivity contribution in [3.05, 3.63) is 84.2 Å². The van der Waals surface area contributed by atoms with Crippen molar-refractivity contribution in [2.75, 3.05) is 18.4 Å². The van der Waals surface area contributed by atoms with Crippen molar-refractivity contribution in [1.29, 1.82) is 0 Å². The Kier molecular flexibility index (Phi) is 6.58. The first-order valence-corrected chi connectivity index (χ1v) is 9.51. The normalized spacial score (nSPS) is 10.3. The lowest BCUT2D eigenvalue weighted by molar-refractivity contribution is 0.0767. The molecule has 0 aliphatic carbocycles. The molecule has 0 atom stereocenters. The first kappa shape index (κ1) is 20.1. The predicted octanol–water partition coefficient (Wildman–Crippen LogP) is 4.61. The van der Waals surface area contributed by atoms with E-state index < -0.39 is 0 Å². The Balaban J connectivity index is 1.79. The van der Waals surface area contributed by atoms with Gasteiger partial charge in [-0.3, -0.25) is 14.6 Å². The number of carbonyl (C=O) groups excluding carboxylic acids is 2. The number of amides is 2. The number of ether oxygens (including phenoxy) is 1. The van der Waals surface area contributed by atoms with Crippen LogP contribution in [0, 0.1) is 0 Å². The number of rotatable bonds is 7. The molecule has 1 heterocycles. The summed E-state index contributed by atoms with van der Waals surface area (Å²) in [7, 11) is 0. The van der Waals surface area contributed by atoms with Crippen molar-refractivity contribution in [1.82, 2.24) is 9.88 Å². The summed E-state index contributed by atoms with van der Waals surface area (Å²) in [6.45, 7) is 4.97. The molecule has 2 amide bonds. The fourth-order valence-electron chi connectivity index (χ4n) is 2.83. The van der Waals surface area contributed by atoms with Gasteiger partial charge in [0.2, 0.25) is 0 Å². The van der Waals surface area contributed by atoms with Gasteiger partial charge in [0.25, 0.3) is 11.8 Å². The number of aromatic nitrogens is 1. The summed E-state index contributed by atoms with van der Waals surface area (Å²) in [6, 6.07) is 19.6. The molecular formula is C23H23N3O3. The molecule has 2 aromatic carbocycles. The van der Waals surface area contributed by atoms with E-state index in [0.717, 1.165) is 0 Å². The Morgan fingerprint density at radius 3 is 2.38 bits per heavy atom. The van der Waals surface area contributed by atoms with E-state index >= 15 is 0 Å². The zero-order valence-corrected chi connectivity index (χ0v) is 16.5. The number of para-hydroxylation sites is 3. The number of hydrogen-bond donors (Lipinski definition) is 1. The molecule has 0 saturated heterocycles. The van der Waals surface area contributed by atoms with Gasteiger partial charge in [-0.1, -0.05) is 30.3 Å². The Morgan fingerprint density at radius 2 is 1.66 bits per heavy atom. The average molecular weight is 389 g/mol. The molecule has 0 spiro atoms. The third-order valence-electron chi connectivity index (χ3n) is 4.40. The van der Waals surface area contributed by atoms with Crippen molar-refractivity contribution in [2.24, 2.45) is 0 Å². The first-order chi connectivity index (χ1) is 14.1. The van der Waals surface area contributed by atoms with Crippen molar-refractivity contribution >= 4 is 17.5 Å². The maximum Gasteiger partial charge on any atom is 0.272 e. The van der Waals surface area contributed by atoms with Crippen LogP contribution in [0.25, 0.3) is 0 Å². The van der Waals surface area contributed by atoms with Crippen LogP contribution in [0.4, 0.5) is 5.69 Å². The molecule has 6 nitrogen and oxygen atoms in total. The zero-order chi connectivity index (χ0) is 20.6. The number of anilines is 1. The van der Waals surface area contributed by atoms with Gasteiger partial charge >= 0.3 is 0 Å². The summed E-state index contributed by atoms with van der Waals surface area (Å²) >= 11 is 0. The summed E-state index contributed by atoms with van der Waals surface area (Å²) in [5.41, 5.74) is 1.13. The molecule has 0 fully saturated rings. The van der Waals surface area contributed by atoms with Gasteiger partial charge < -0.3 is 15.0 Å². The minimum Gasteiger partial charge on any atom is -0.455 e. The van der Waals surface area contributed by atoms with Crippen molar-refractivity contribution in [3.8, 4) is 11.5 Å². The SMILES string of the molecule is CCN(CC)C(=O)c1cc(C(=O)Nc2ccccc2Oc2ccccc2)ccn1. The third kappa shape index (κ3) is 4.99. The second-order valence-corrected chi connectivity index (χ2v) is 6.27. The topological polar surface area (TPSA) is 71.5 Å². The Hall–Kier alpha value is -3.67. The molecule has 0 aliphatic heterocycles. The van der Waals surface area contributed by atoms with E-state index in [0.29, 0.717) is 35.8 Å². The number of carbonyl (C=O) groups is 2. The molecule has 3 rings (SSSR count). The van der Waals surface area contributed by atoms with Gasteiger partial charge in [0, 0.05) is 24.8 Å². The molecule has 0 aliphatic rings. The lowest BCUT2D eigenvalue weighted by Crippen LogP contribution is -2.31. The molecule has 0 radical (unpaired) electrons. The maximum absolute atomic E-state index is 12.8. The van der Waals surface area contributed by atoms with Gasteiger partial charge in [-0.25, -0.2) is 0 Å². The number of hydrogen-bond acceptors (Lipinski definition) is 4. The van der Waals surface area contributed by atoms with Gasteiger partial charge in [-0.15, -0.1) is 0 Å². The highest BCUT2D eigenvalue weighted by Gasteiger charge is 2.17. The fourth-order valence-corrected chi connectivity index (χ4v) is 2.83. The Labute approximate surface area is 170 Å². The van der Waals surface area contributed by atoms with Crippen molar-refractivity contribution < 1.29 is 14.3 Å². The summed E-state index contributed by atoms with van der Waals surface area (Å²) in [4.78, 5) is 31.1. The van der Waals surface area contributed by atoms with Crippen LogP contribution in [0.3, 0.4) is 0 Å². The molecule has 1 N–H and O–H groups in total. The molecular weight excluding hydrogens is 366 g/mol. The highest BCUT2D eigenvalue weighted by atomic mass is 16.5. The summed E-state index contributed by atoms with van der Waals surface area (Å²) in [6.07, 6.45) is 1.47. The first-order valence-electron chi connectivity index (χ1n) is 9.51. The minimum atomic E-state index is -0.342. The maximum atomic E-state index is 12.8. The van der Waals surface area contributed by atoms with Crippen LogP contribution in [-0.2, 0) is 0 Å². The van der Waals surface area contributed by atoms with E-state index in [1.54, 1.807) is 23.1 Å². The van der Waals surface area contributed by atoms with Crippen LogP contribution in [-0.4, -0.2) is 34.8 Å². The van der Waals surface area contributed by atoms with Gasteiger partial charge in [0.05, 0.1) is 5.69 Å². The predicted molar refractivity (Wildman–Crippen MR) is 112 cm³/mol. The highest BCUT2D eigenvalue weighted by Crippen LogP contribution is 2.29. The van der Waals surface area contributed by atoms with Crippen LogP contribution in [0.5, 0.6) is 11.5 Å². The van der Waals surface area contributed by atoms with Crippen LogP contribution < -0.4 is 10.1 Å². The quantitative estimate of drug-likeness (QED) is 0.641. The number of nitrogens with zero attached hydrogens (tertiary/aromatic N) is 2. The van der Waals surface area contributed by atoms with E-state index in [1.807, 2.05) is 56.3 Å². The Morgan fingerprint density at radius 1 is 0.966 bits per heavy atom. The van der Waals surface area contributed by atoms with Gasteiger partial charge in [-0.2, -0.15) is 0 Å². The molecule has 0 unspecified atom stereocenters.